The maximum absolute atomic E-state index is 12.9. The van der Waals surface area contributed by atoms with Crippen molar-refractivity contribution in [3.8, 4) is 0 Å². The first-order valence-corrected chi connectivity index (χ1v) is 8.19. The molecule has 2 atom stereocenters. The summed E-state index contributed by atoms with van der Waals surface area (Å²) in [5.41, 5.74) is 2.80. The van der Waals surface area contributed by atoms with E-state index in [1.165, 1.54) is 11.2 Å². The van der Waals surface area contributed by atoms with Crippen LogP contribution in [0.2, 0.25) is 0 Å². The van der Waals surface area contributed by atoms with Crippen LogP contribution >= 0.6 is 0 Å². The van der Waals surface area contributed by atoms with E-state index in [2.05, 4.69) is 10.3 Å². The molecule has 2 amide bonds. The molecule has 0 fully saturated rings. The second kappa shape index (κ2) is 5.61. The fourth-order valence-corrected chi connectivity index (χ4v) is 3.70. The van der Waals surface area contributed by atoms with Crippen molar-refractivity contribution in [1.29, 1.82) is 0 Å². The summed E-state index contributed by atoms with van der Waals surface area (Å²) in [5.74, 6) is -0.164. The second-order valence-electron chi connectivity index (χ2n) is 6.73. The highest BCUT2D eigenvalue weighted by Crippen LogP contribution is 2.30. The molecule has 4 rings (SSSR count). The van der Waals surface area contributed by atoms with Crippen LogP contribution in [0, 0.1) is 0 Å². The molecule has 0 radical (unpaired) electrons. The molecule has 2 aliphatic rings. The Morgan fingerprint density at radius 2 is 2.20 bits per heavy atom. The van der Waals surface area contributed by atoms with E-state index in [0.29, 0.717) is 25.2 Å². The molecule has 0 bridgehead atoms. The molecule has 0 spiro atoms. The van der Waals surface area contributed by atoms with Gasteiger partial charge in [0.1, 0.15) is 12.0 Å². The van der Waals surface area contributed by atoms with E-state index in [4.69, 9.17) is 4.52 Å². The summed E-state index contributed by atoms with van der Waals surface area (Å²) < 4.78 is 6.66. The first-order chi connectivity index (χ1) is 12.0. The van der Waals surface area contributed by atoms with Crippen molar-refractivity contribution in [3.63, 3.8) is 0 Å². The topological polar surface area (TPSA) is 105 Å². The van der Waals surface area contributed by atoms with Crippen LogP contribution in [0.15, 0.2) is 16.9 Å². The fraction of sp³-hybridized carbons (Fsp3) is 0.500. The summed E-state index contributed by atoms with van der Waals surface area (Å²) in [6.45, 7) is 3.05. The van der Waals surface area contributed by atoms with Gasteiger partial charge in [-0.1, -0.05) is 5.16 Å². The number of hydrogen-bond acceptors (Lipinski definition) is 5. The smallest absolute Gasteiger partial charge is 0.407 e. The summed E-state index contributed by atoms with van der Waals surface area (Å²) in [6.07, 6.45) is 1.05. The van der Waals surface area contributed by atoms with Crippen LogP contribution < -0.4 is 0 Å². The number of carboxylic acid groups (broad SMARTS) is 1. The lowest BCUT2D eigenvalue weighted by Crippen LogP contribution is -2.42. The highest BCUT2D eigenvalue weighted by molar-refractivity contribution is 5.94. The number of rotatable bonds is 1. The maximum atomic E-state index is 12.9. The summed E-state index contributed by atoms with van der Waals surface area (Å²) in [6, 6.07) is 1.63. The van der Waals surface area contributed by atoms with Gasteiger partial charge in [0.2, 0.25) is 0 Å². The zero-order valence-electron chi connectivity index (χ0n) is 14.0. The van der Waals surface area contributed by atoms with E-state index in [9.17, 15) is 14.7 Å². The predicted molar refractivity (Wildman–Crippen MR) is 85.2 cm³/mol. The number of amides is 2. The monoisotopic (exact) mass is 345 g/mol. The molecule has 0 aromatic carbocycles. The molecular formula is C16H19N5O4. The van der Waals surface area contributed by atoms with Crippen LogP contribution in [0.4, 0.5) is 4.79 Å². The van der Waals surface area contributed by atoms with Crippen molar-refractivity contribution in [2.75, 3.05) is 13.6 Å². The Balaban J connectivity index is 1.77. The predicted octanol–water partition coefficient (Wildman–Crippen LogP) is 1.17. The number of hydrogen-bond donors (Lipinski definition) is 1. The van der Waals surface area contributed by atoms with E-state index in [1.54, 1.807) is 22.7 Å². The van der Waals surface area contributed by atoms with E-state index in [0.717, 1.165) is 17.0 Å². The standard InChI is InChI=1S/C16H19N5O4/c1-9-5-13-11(8-20(9)16(23)24)14-15(22)19(2)6-10(7-21(14)17-13)12-3-4-25-18-12/h3-4,9-10H,5-8H2,1-2H3,(H,23,24)/t9-,10-/m1/s1. The summed E-state index contributed by atoms with van der Waals surface area (Å²) in [7, 11) is 1.74. The minimum atomic E-state index is -0.979. The van der Waals surface area contributed by atoms with Gasteiger partial charge in [-0.25, -0.2) is 4.79 Å². The number of aromatic nitrogens is 3. The highest BCUT2D eigenvalue weighted by Gasteiger charge is 2.37. The largest absolute Gasteiger partial charge is 0.465 e. The number of carbonyl (C=O) groups is 2. The third-order valence-electron chi connectivity index (χ3n) is 5.04. The van der Waals surface area contributed by atoms with Gasteiger partial charge >= 0.3 is 6.09 Å². The van der Waals surface area contributed by atoms with Crippen LogP contribution in [0.1, 0.15) is 40.3 Å². The van der Waals surface area contributed by atoms with Gasteiger partial charge in [0, 0.05) is 43.6 Å². The van der Waals surface area contributed by atoms with E-state index < -0.39 is 6.09 Å². The van der Waals surface area contributed by atoms with Gasteiger partial charge < -0.3 is 19.4 Å². The van der Waals surface area contributed by atoms with Gasteiger partial charge in [0.05, 0.1) is 24.5 Å². The molecular weight excluding hydrogens is 326 g/mol. The molecule has 0 saturated heterocycles. The molecule has 2 aromatic heterocycles. The quantitative estimate of drug-likeness (QED) is 0.832. The zero-order chi connectivity index (χ0) is 17.7. The van der Waals surface area contributed by atoms with Gasteiger partial charge in [-0.05, 0) is 6.92 Å². The van der Waals surface area contributed by atoms with Crippen molar-refractivity contribution in [2.24, 2.45) is 0 Å². The summed E-state index contributed by atoms with van der Waals surface area (Å²) >= 11 is 0. The lowest BCUT2D eigenvalue weighted by molar-refractivity contribution is 0.0784. The molecule has 0 aliphatic carbocycles. The molecule has 0 unspecified atom stereocenters. The molecule has 4 heterocycles. The third kappa shape index (κ3) is 2.46. The minimum absolute atomic E-state index is 0.0247. The van der Waals surface area contributed by atoms with Gasteiger partial charge in [-0.2, -0.15) is 5.10 Å². The first-order valence-electron chi connectivity index (χ1n) is 8.19. The van der Waals surface area contributed by atoms with Gasteiger partial charge in [-0.15, -0.1) is 0 Å². The van der Waals surface area contributed by atoms with E-state index in [-0.39, 0.29) is 24.4 Å². The van der Waals surface area contributed by atoms with E-state index >= 15 is 0 Å². The minimum Gasteiger partial charge on any atom is -0.465 e. The van der Waals surface area contributed by atoms with E-state index in [1.807, 2.05) is 6.92 Å². The molecule has 0 saturated carbocycles. The molecule has 25 heavy (non-hydrogen) atoms. The molecule has 1 N–H and O–H groups in total. The number of nitrogens with zero attached hydrogens (tertiary/aromatic N) is 5. The highest BCUT2D eigenvalue weighted by atomic mass is 16.5. The van der Waals surface area contributed by atoms with Crippen LogP contribution in [-0.4, -0.2) is 61.5 Å². The Kier molecular flexibility index (Phi) is 3.52. The lowest BCUT2D eigenvalue weighted by Gasteiger charge is -2.30. The molecule has 9 nitrogen and oxygen atoms in total. The number of fused-ring (bicyclic) bond motifs is 3. The van der Waals surface area contributed by atoms with Gasteiger partial charge in [0.15, 0.2) is 0 Å². The zero-order valence-corrected chi connectivity index (χ0v) is 14.0. The maximum Gasteiger partial charge on any atom is 0.407 e. The average Bonchev–Trinajstić information content (AvgIpc) is 3.17. The van der Waals surface area contributed by atoms with Crippen LogP contribution in [0.3, 0.4) is 0 Å². The summed E-state index contributed by atoms with van der Waals surface area (Å²) in [4.78, 5) is 27.4. The Labute approximate surface area is 143 Å². The van der Waals surface area contributed by atoms with Crippen LogP contribution in [0.5, 0.6) is 0 Å². The van der Waals surface area contributed by atoms with Crippen molar-refractivity contribution in [3.05, 3.63) is 35.0 Å². The summed E-state index contributed by atoms with van der Waals surface area (Å²) in [5, 5.41) is 18.0. The fourth-order valence-electron chi connectivity index (χ4n) is 3.70. The molecule has 2 aliphatic heterocycles. The van der Waals surface area contributed by atoms with Crippen molar-refractivity contribution in [2.45, 2.75) is 38.4 Å². The van der Waals surface area contributed by atoms with Crippen molar-refractivity contribution in [1.82, 2.24) is 24.7 Å². The Bertz CT molecular complexity index is 828. The van der Waals surface area contributed by atoms with Crippen LogP contribution in [-0.2, 0) is 19.5 Å². The molecule has 2 aromatic rings. The molecule has 9 heteroatoms. The molecule has 132 valence electrons. The number of likely N-dealkylation sites (N-methyl/N-ethyl adjacent to an activating group) is 1. The normalized spacial score (nSPS) is 23.2. The van der Waals surface area contributed by atoms with Crippen molar-refractivity contribution < 1.29 is 19.2 Å². The van der Waals surface area contributed by atoms with Crippen molar-refractivity contribution >= 4 is 12.0 Å². The average molecular weight is 345 g/mol. The SMILES string of the molecule is C[C@@H]1Cc2nn3c(c2CN1C(=O)O)C(=O)N(C)C[C@@H](c1ccon1)C3. The Morgan fingerprint density at radius 1 is 1.40 bits per heavy atom. The second-order valence-corrected chi connectivity index (χ2v) is 6.73. The Hall–Kier alpha value is -2.84. The van der Waals surface area contributed by atoms with Gasteiger partial charge in [0.25, 0.3) is 5.91 Å². The Morgan fingerprint density at radius 3 is 2.88 bits per heavy atom. The number of carbonyl (C=O) groups excluding carboxylic acids is 1. The third-order valence-corrected chi connectivity index (χ3v) is 5.04. The first kappa shape index (κ1) is 15.7. The van der Waals surface area contributed by atoms with Crippen LogP contribution in [0.25, 0.3) is 0 Å². The van der Waals surface area contributed by atoms with Gasteiger partial charge in [-0.3, -0.25) is 9.48 Å². The lowest BCUT2D eigenvalue weighted by atomic mass is 10.00.